The molecule has 0 radical (unpaired) electrons. The van der Waals surface area contributed by atoms with Gasteiger partial charge in [0.2, 0.25) is 5.91 Å². The topological polar surface area (TPSA) is 53.8 Å². The molecule has 0 aliphatic heterocycles. The van der Waals surface area contributed by atoms with Crippen molar-refractivity contribution in [1.82, 2.24) is 9.80 Å². The SMILES string of the molecule is Cc1ccc(CN(CCc2ccccc2)C(=O)CN(CCC(C)C)C(=O)c2ccc(Cl)cc2)o1. The molecule has 0 saturated carbocycles. The van der Waals surface area contributed by atoms with Gasteiger partial charge in [0.05, 0.1) is 6.54 Å². The Kier molecular flexibility index (Phi) is 9.34. The van der Waals surface area contributed by atoms with Crippen molar-refractivity contribution in [3.8, 4) is 0 Å². The number of nitrogens with zero attached hydrogens (tertiary/aromatic N) is 2. The van der Waals surface area contributed by atoms with E-state index in [-0.39, 0.29) is 18.4 Å². The smallest absolute Gasteiger partial charge is 0.254 e. The van der Waals surface area contributed by atoms with Crippen molar-refractivity contribution in [2.75, 3.05) is 19.6 Å². The van der Waals surface area contributed by atoms with Crippen LogP contribution in [0.15, 0.2) is 71.1 Å². The van der Waals surface area contributed by atoms with Crippen molar-refractivity contribution in [2.45, 2.75) is 40.2 Å². The predicted molar refractivity (Wildman–Crippen MR) is 136 cm³/mol. The molecule has 0 spiro atoms. The molecule has 0 aliphatic carbocycles. The molecule has 5 nitrogen and oxygen atoms in total. The van der Waals surface area contributed by atoms with Crippen LogP contribution in [0.1, 0.15) is 47.7 Å². The van der Waals surface area contributed by atoms with Gasteiger partial charge in [0, 0.05) is 23.7 Å². The summed E-state index contributed by atoms with van der Waals surface area (Å²) in [6, 6.07) is 20.7. The van der Waals surface area contributed by atoms with Crippen LogP contribution in [0.3, 0.4) is 0 Å². The Morgan fingerprint density at radius 1 is 0.912 bits per heavy atom. The standard InChI is InChI=1S/C28H33ClN2O3/c1-21(2)15-17-31(28(33)24-10-12-25(29)13-11-24)20-27(32)30(19-26-14-9-22(3)34-26)18-16-23-7-5-4-6-8-23/h4-14,21H,15-20H2,1-3H3. The van der Waals surface area contributed by atoms with E-state index in [2.05, 4.69) is 26.0 Å². The van der Waals surface area contributed by atoms with Crippen LogP contribution in [0.4, 0.5) is 0 Å². The zero-order chi connectivity index (χ0) is 24.5. The van der Waals surface area contributed by atoms with E-state index in [0.717, 1.165) is 29.9 Å². The quantitative estimate of drug-likeness (QED) is 0.338. The lowest BCUT2D eigenvalue weighted by molar-refractivity contribution is -0.132. The number of halogens is 1. The van der Waals surface area contributed by atoms with Gasteiger partial charge in [0.1, 0.15) is 18.1 Å². The normalized spacial score (nSPS) is 11.0. The van der Waals surface area contributed by atoms with E-state index in [1.165, 1.54) is 0 Å². The van der Waals surface area contributed by atoms with Gasteiger partial charge in [-0.15, -0.1) is 0 Å². The molecule has 3 rings (SSSR count). The second-order valence-corrected chi connectivity index (χ2v) is 9.42. The van der Waals surface area contributed by atoms with Crippen LogP contribution in [-0.2, 0) is 17.8 Å². The van der Waals surface area contributed by atoms with Crippen LogP contribution in [0, 0.1) is 12.8 Å². The number of carbonyl (C=O) groups is 2. The first-order valence-electron chi connectivity index (χ1n) is 11.7. The Morgan fingerprint density at radius 3 is 2.24 bits per heavy atom. The Bertz CT molecular complexity index is 1060. The highest BCUT2D eigenvalue weighted by Crippen LogP contribution is 2.15. The fraction of sp³-hybridized carbons (Fsp3) is 0.357. The molecule has 0 fully saturated rings. The van der Waals surface area contributed by atoms with Crippen molar-refractivity contribution in [3.05, 3.63) is 94.4 Å². The zero-order valence-corrected chi connectivity index (χ0v) is 20.9. The molecule has 2 aromatic carbocycles. The molecular weight excluding hydrogens is 448 g/mol. The van der Waals surface area contributed by atoms with Gasteiger partial charge >= 0.3 is 0 Å². The highest BCUT2D eigenvalue weighted by Gasteiger charge is 2.23. The first-order valence-corrected chi connectivity index (χ1v) is 12.1. The van der Waals surface area contributed by atoms with Gasteiger partial charge < -0.3 is 14.2 Å². The first-order chi connectivity index (χ1) is 16.3. The van der Waals surface area contributed by atoms with Gasteiger partial charge in [-0.05, 0) is 67.6 Å². The molecule has 0 bridgehead atoms. The molecule has 0 saturated heterocycles. The molecule has 2 amide bonds. The maximum atomic E-state index is 13.5. The molecule has 0 atom stereocenters. The Hall–Kier alpha value is -3.05. The summed E-state index contributed by atoms with van der Waals surface area (Å²) in [5.74, 6) is 1.69. The fourth-order valence-electron chi connectivity index (χ4n) is 3.66. The van der Waals surface area contributed by atoms with Gasteiger partial charge in [0.25, 0.3) is 5.91 Å². The Balaban J connectivity index is 1.77. The maximum absolute atomic E-state index is 13.5. The van der Waals surface area contributed by atoms with Crippen LogP contribution in [0.2, 0.25) is 5.02 Å². The Morgan fingerprint density at radius 2 is 1.62 bits per heavy atom. The predicted octanol–water partition coefficient (Wildman–Crippen LogP) is 6.00. The first kappa shape index (κ1) is 25.6. The minimum Gasteiger partial charge on any atom is -0.464 e. The second kappa shape index (κ2) is 12.4. The minimum absolute atomic E-state index is 0.0165. The average molecular weight is 481 g/mol. The molecule has 3 aromatic rings. The third kappa shape index (κ3) is 7.77. The number of furan rings is 1. The van der Waals surface area contributed by atoms with Gasteiger partial charge in [-0.25, -0.2) is 0 Å². The van der Waals surface area contributed by atoms with E-state index in [4.69, 9.17) is 16.0 Å². The maximum Gasteiger partial charge on any atom is 0.254 e. The summed E-state index contributed by atoms with van der Waals surface area (Å²) in [4.78, 5) is 30.2. The number of aryl methyl sites for hydroxylation is 1. The summed E-state index contributed by atoms with van der Waals surface area (Å²) in [5.41, 5.74) is 1.68. The van der Waals surface area contributed by atoms with Gasteiger partial charge in [-0.1, -0.05) is 55.8 Å². The molecular formula is C28H33ClN2O3. The van der Waals surface area contributed by atoms with Crippen LogP contribution in [0.25, 0.3) is 0 Å². The fourth-order valence-corrected chi connectivity index (χ4v) is 3.79. The van der Waals surface area contributed by atoms with Crippen molar-refractivity contribution in [3.63, 3.8) is 0 Å². The summed E-state index contributed by atoms with van der Waals surface area (Å²) in [6.07, 6.45) is 1.54. The minimum atomic E-state index is -0.164. The molecule has 0 N–H and O–H groups in total. The summed E-state index contributed by atoms with van der Waals surface area (Å²) in [6.45, 7) is 7.54. The monoisotopic (exact) mass is 480 g/mol. The lowest BCUT2D eigenvalue weighted by Gasteiger charge is -2.28. The van der Waals surface area contributed by atoms with E-state index >= 15 is 0 Å². The molecule has 0 unspecified atom stereocenters. The molecule has 0 aliphatic rings. The number of hydrogen-bond donors (Lipinski definition) is 0. The summed E-state index contributed by atoms with van der Waals surface area (Å²) in [7, 11) is 0. The van der Waals surface area contributed by atoms with E-state index in [1.807, 2.05) is 37.3 Å². The summed E-state index contributed by atoms with van der Waals surface area (Å²) in [5, 5.41) is 0.571. The molecule has 1 heterocycles. The van der Waals surface area contributed by atoms with E-state index in [9.17, 15) is 9.59 Å². The van der Waals surface area contributed by atoms with Crippen molar-refractivity contribution in [2.24, 2.45) is 5.92 Å². The lowest BCUT2D eigenvalue weighted by Crippen LogP contribution is -2.44. The Labute approximate surface area is 207 Å². The van der Waals surface area contributed by atoms with Crippen molar-refractivity contribution >= 4 is 23.4 Å². The van der Waals surface area contributed by atoms with Crippen LogP contribution >= 0.6 is 11.6 Å². The molecule has 6 heteroatoms. The number of rotatable bonds is 11. The van der Waals surface area contributed by atoms with Crippen LogP contribution in [-0.4, -0.2) is 41.2 Å². The van der Waals surface area contributed by atoms with Gasteiger partial charge in [-0.3, -0.25) is 9.59 Å². The van der Waals surface area contributed by atoms with Gasteiger partial charge in [-0.2, -0.15) is 0 Å². The average Bonchev–Trinajstić information content (AvgIpc) is 3.24. The van der Waals surface area contributed by atoms with Crippen LogP contribution < -0.4 is 0 Å². The highest BCUT2D eigenvalue weighted by atomic mass is 35.5. The van der Waals surface area contributed by atoms with E-state index in [0.29, 0.717) is 36.1 Å². The van der Waals surface area contributed by atoms with Crippen molar-refractivity contribution in [1.29, 1.82) is 0 Å². The number of hydrogen-bond acceptors (Lipinski definition) is 3. The van der Waals surface area contributed by atoms with E-state index < -0.39 is 0 Å². The number of carbonyl (C=O) groups excluding carboxylic acids is 2. The highest BCUT2D eigenvalue weighted by molar-refractivity contribution is 6.30. The summed E-state index contributed by atoms with van der Waals surface area (Å²) < 4.78 is 5.74. The second-order valence-electron chi connectivity index (χ2n) is 8.98. The van der Waals surface area contributed by atoms with E-state index in [1.54, 1.807) is 34.1 Å². The lowest BCUT2D eigenvalue weighted by atomic mass is 10.1. The number of benzene rings is 2. The molecule has 34 heavy (non-hydrogen) atoms. The van der Waals surface area contributed by atoms with Crippen LogP contribution in [0.5, 0.6) is 0 Å². The zero-order valence-electron chi connectivity index (χ0n) is 20.2. The van der Waals surface area contributed by atoms with Crippen molar-refractivity contribution < 1.29 is 14.0 Å². The molecule has 180 valence electrons. The summed E-state index contributed by atoms with van der Waals surface area (Å²) >= 11 is 5.99. The number of amides is 2. The third-order valence-corrected chi connectivity index (χ3v) is 5.94. The van der Waals surface area contributed by atoms with Gasteiger partial charge in [0.15, 0.2) is 0 Å². The third-order valence-electron chi connectivity index (χ3n) is 5.69. The molecule has 1 aromatic heterocycles. The largest absolute Gasteiger partial charge is 0.464 e.